The molecule has 5 rings (SSSR count). The molecular formula is C25H21N6O3S+. The summed E-state index contributed by atoms with van der Waals surface area (Å²) in [6.45, 7) is 2.25. The van der Waals surface area contributed by atoms with Crippen LogP contribution in [0.15, 0.2) is 78.2 Å². The Hall–Kier alpha value is -4.57. The summed E-state index contributed by atoms with van der Waals surface area (Å²) < 4.78 is 3.67. The van der Waals surface area contributed by atoms with Gasteiger partial charge in [-0.05, 0) is 42.1 Å². The lowest BCUT2D eigenvalue weighted by Crippen LogP contribution is -2.40. The standard InChI is InChI=1S/C25H20N6O3S/c1-17-14-23(27-24(32)12-11-20-8-5-13-35-20)30(28-17)25-26-21-9-2-3-10-22(21)29(25)16-18-6-4-7-19(15-18)31(33)34/h2-15H,16H2,1H3,(H,27,28,32)/p+1/b12-11+. The zero-order chi connectivity index (χ0) is 24.4. The van der Waals surface area contributed by atoms with Crippen molar-refractivity contribution in [2.24, 2.45) is 0 Å². The van der Waals surface area contributed by atoms with Gasteiger partial charge in [0, 0.05) is 34.8 Å². The first kappa shape index (κ1) is 22.2. The van der Waals surface area contributed by atoms with Gasteiger partial charge in [-0.15, -0.1) is 21.0 Å². The van der Waals surface area contributed by atoms with Crippen LogP contribution in [0, 0.1) is 17.0 Å². The molecule has 0 atom stereocenters. The first-order valence-corrected chi connectivity index (χ1v) is 11.7. The second-order valence-corrected chi connectivity index (χ2v) is 8.89. The number of hydrogen-bond acceptors (Lipinski definition) is 5. The van der Waals surface area contributed by atoms with Crippen LogP contribution in [-0.2, 0) is 11.3 Å². The molecule has 0 aliphatic heterocycles. The number of nitro groups is 1. The van der Waals surface area contributed by atoms with E-state index in [0.29, 0.717) is 18.3 Å². The summed E-state index contributed by atoms with van der Waals surface area (Å²) in [6, 6.07) is 19.9. The van der Waals surface area contributed by atoms with E-state index in [1.807, 2.05) is 65.4 Å². The number of nitro benzene ring substituents is 1. The first-order chi connectivity index (χ1) is 17.0. The molecule has 174 valence electrons. The smallest absolute Gasteiger partial charge is 0.258 e. The Morgan fingerprint density at radius 3 is 2.86 bits per heavy atom. The van der Waals surface area contributed by atoms with Crippen LogP contribution in [0.25, 0.3) is 23.1 Å². The van der Waals surface area contributed by atoms with Gasteiger partial charge < -0.3 is 0 Å². The van der Waals surface area contributed by atoms with Crippen molar-refractivity contribution in [2.75, 3.05) is 5.32 Å². The second kappa shape index (κ2) is 9.35. The molecule has 0 fully saturated rings. The Kier molecular flexibility index (Phi) is 5.94. The maximum Gasteiger partial charge on any atom is 0.377 e. The molecule has 0 aliphatic rings. The van der Waals surface area contributed by atoms with Crippen LogP contribution in [-0.4, -0.2) is 25.5 Å². The van der Waals surface area contributed by atoms with E-state index in [0.717, 1.165) is 27.2 Å². The summed E-state index contributed by atoms with van der Waals surface area (Å²) in [5, 5.41) is 19.4. The van der Waals surface area contributed by atoms with Gasteiger partial charge in [0.1, 0.15) is 5.52 Å². The third-order valence-electron chi connectivity index (χ3n) is 5.37. The molecule has 0 saturated carbocycles. The number of thiophene rings is 1. The zero-order valence-electron chi connectivity index (χ0n) is 18.7. The summed E-state index contributed by atoms with van der Waals surface area (Å²) in [5.74, 6) is 0.801. The second-order valence-electron chi connectivity index (χ2n) is 7.91. The maximum absolute atomic E-state index is 12.6. The van der Waals surface area contributed by atoms with Gasteiger partial charge >= 0.3 is 5.95 Å². The van der Waals surface area contributed by atoms with Crippen LogP contribution in [0.1, 0.15) is 16.1 Å². The average Bonchev–Trinajstić information content (AvgIpc) is 3.57. The zero-order valence-corrected chi connectivity index (χ0v) is 19.5. The van der Waals surface area contributed by atoms with Gasteiger partial charge in [-0.2, -0.15) is 0 Å². The minimum absolute atomic E-state index is 0.0299. The van der Waals surface area contributed by atoms with Crippen molar-refractivity contribution in [3.05, 3.63) is 104 Å². The number of benzene rings is 2. The number of aromatic nitrogens is 4. The summed E-state index contributed by atoms with van der Waals surface area (Å²) in [6.07, 6.45) is 3.26. The van der Waals surface area contributed by atoms with Crippen LogP contribution in [0.5, 0.6) is 0 Å². The highest BCUT2D eigenvalue weighted by Gasteiger charge is 2.25. The Bertz CT molecular complexity index is 1570. The third-order valence-corrected chi connectivity index (χ3v) is 6.21. The van der Waals surface area contributed by atoms with Crippen molar-refractivity contribution in [3.63, 3.8) is 0 Å². The van der Waals surface area contributed by atoms with Gasteiger partial charge in [0.2, 0.25) is 5.82 Å². The fraction of sp³-hybridized carbons (Fsp3) is 0.0800. The number of aryl methyl sites for hydroxylation is 1. The monoisotopic (exact) mass is 485 g/mol. The van der Waals surface area contributed by atoms with E-state index < -0.39 is 4.92 Å². The van der Waals surface area contributed by atoms with Crippen molar-refractivity contribution in [1.82, 2.24) is 14.6 Å². The Morgan fingerprint density at radius 1 is 1.20 bits per heavy atom. The van der Waals surface area contributed by atoms with E-state index in [4.69, 9.17) is 4.98 Å². The molecule has 10 heteroatoms. The fourth-order valence-corrected chi connectivity index (χ4v) is 4.46. The number of nitrogens with one attached hydrogen (secondary N) is 2. The summed E-state index contributed by atoms with van der Waals surface area (Å²) in [7, 11) is 0. The molecule has 9 nitrogen and oxygen atoms in total. The lowest BCUT2D eigenvalue weighted by Gasteiger charge is -2.06. The Labute approximate surface area is 204 Å². The molecule has 3 aromatic heterocycles. The molecule has 3 heterocycles. The van der Waals surface area contributed by atoms with Gasteiger partial charge in [0.15, 0.2) is 5.52 Å². The number of para-hydroxylation sites is 2. The number of hydrogen-bond donors (Lipinski definition) is 2. The van der Waals surface area contributed by atoms with Gasteiger partial charge in [0.05, 0.1) is 11.5 Å². The normalized spacial score (nSPS) is 11.3. The highest BCUT2D eigenvalue weighted by Crippen LogP contribution is 2.21. The SMILES string of the molecule is Cc1cc(NC(=O)/C=C/c2cccs2)[n+](-c2nc3ccccc3n2Cc2cccc([N+](=O)[O-])c2)[nH]1. The highest BCUT2D eigenvalue weighted by molar-refractivity contribution is 7.10. The van der Waals surface area contributed by atoms with Gasteiger partial charge in [-0.1, -0.05) is 30.3 Å². The van der Waals surface area contributed by atoms with Gasteiger partial charge in [0.25, 0.3) is 11.6 Å². The maximum atomic E-state index is 12.6. The molecule has 2 aromatic carbocycles. The number of fused-ring (bicyclic) bond motifs is 1. The predicted molar refractivity (Wildman–Crippen MR) is 135 cm³/mol. The van der Waals surface area contributed by atoms with E-state index >= 15 is 0 Å². The Morgan fingerprint density at radius 2 is 2.06 bits per heavy atom. The van der Waals surface area contributed by atoms with E-state index in [-0.39, 0.29) is 11.6 Å². The number of H-pyrrole nitrogens is 1. The molecule has 0 bridgehead atoms. The molecule has 0 saturated heterocycles. The van der Waals surface area contributed by atoms with E-state index in [1.165, 1.54) is 12.1 Å². The molecule has 5 aromatic rings. The lowest BCUT2D eigenvalue weighted by atomic mass is 10.2. The van der Waals surface area contributed by atoms with Crippen LogP contribution in [0.4, 0.5) is 11.5 Å². The molecule has 35 heavy (non-hydrogen) atoms. The van der Waals surface area contributed by atoms with Crippen LogP contribution < -0.4 is 10.00 Å². The summed E-state index contributed by atoms with van der Waals surface area (Å²) in [4.78, 5) is 29.3. The molecular weight excluding hydrogens is 464 g/mol. The molecule has 0 aliphatic carbocycles. The molecule has 0 unspecified atom stereocenters. The minimum atomic E-state index is -0.406. The number of rotatable bonds is 7. The lowest BCUT2D eigenvalue weighted by molar-refractivity contribution is -0.650. The number of carbonyl (C=O) groups is 1. The summed E-state index contributed by atoms with van der Waals surface area (Å²) in [5.41, 5.74) is 3.25. The van der Waals surface area contributed by atoms with Gasteiger partial charge in [-0.25, -0.2) is 4.57 Å². The van der Waals surface area contributed by atoms with Crippen molar-refractivity contribution in [2.45, 2.75) is 13.5 Å². The van der Waals surface area contributed by atoms with Crippen molar-refractivity contribution in [3.8, 4) is 5.95 Å². The van der Waals surface area contributed by atoms with E-state index in [9.17, 15) is 14.9 Å². The van der Waals surface area contributed by atoms with Gasteiger partial charge in [-0.3, -0.25) is 25.3 Å². The quantitative estimate of drug-likeness (QED) is 0.152. The predicted octanol–water partition coefficient (Wildman–Crippen LogP) is 4.62. The number of imidazole rings is 1. The number of anilines is 1. The topological polar surface area (TPSA) is 110 Å². The van der Waals surface area contributed by atoms with Crippen LogP contribution >= 0.6 is 11.3 Å². The number of nitrogens with zero attached hydrogens (tertiary/aromatic N) is 4. The van der Waals surface area contributed by atoms with Crippen molar-refractivity contribution in [1.29, 1.82) is 0 Å². The van der Waals surface area contributed by atoms with Crippen LogP contribution in [0.3, 0.4) is 0 Å². The molecule has 1 amide bonds. The average molecular weight is 486 g/mol. The number of non-ortho nitro benzene ring substituents is 1. The molecule has 0 spiro atoms. The molecule has 0 radical (unpaired) electrons. The van der Waals surface area contributed by atoms with E-state index in [1.54, 1.807) is 34.2 Å². The number of amides is 1. The number of carbonyl (C=O) groups excluding carboxylic acids is 1. The first-order valence-electron chi connectivity index (χ1n) is 10.8. The van der Waals surface area contributed by atoms with Crippen molar-refractivity contribution >= 4 is 45.9 Å². The van der Waals surface area contributed by atoms with Crippen LogP contribution in [0.2, 0.25) is 0 Å². The van der Waals surface area contributed by atoms with Crippen molar-refractivity contribution < 1.29 is 14.4 Å². The third kappa shape index (κ3) is 4.73. The highest BCUT2D eigenvalue weighted by atomic mass is 32.1. The Balaban J connectivity index is 1.53. The van der Waals surface area contributed by atoms with E-state index in [2.05, 4.69) is 10.4 Å². The minimum Gasteiger partial charge on any atom is -0.258 e. The fourth-order valence-electron chi connectivity index (χ4n) is 3.84. The number of aromatic amines is 1. The largest absolute Gasteiger partial charge is 0.377 e. The molecule has 2 N–H and O–H groups in total. The summed E-state index contributed by atoms with van der Waals surface area (Å²) >= 11 is 1.55.